The molecular weight excluding hydrogens is 400 g/mol. The Kier molecular flexibility index (Phi) is 5.27. The lowest BCUT2D eigenvalue weighted by molar-refractivity contribution is 0.0915. The van der Waals surface area contributed by atoms with E-state index in [-0.39, 0.29) is 12.0 Å². The minimum absolute atomic E-state index is 0.0108. The molecule has 1 amide bonds. The highest BCUT2D eigenvalue weighted by Crippen LogP contribution is 2.35. The van der Waals surface area contributed by atoms with Crippen LogP contribution in [0.15, 0.2) is 18.3 Å². The van der Waals surface area contributed by atoms with Crippen molar-refractivity contribution in [2.45, 2.75) is 25.9 Å². The lowest BCUT2D eigenvalue weighted by Crippen LogP contribution is -2.37. The minimum atomic E-state index is -0.205. The first-order valence-corrected chi connectivity index (χ1v) is 10.2. The first kappa shape index (κ1) is 19.2. The van der Waals surface area contributed by atoms with Crippen molar-refractivity contribution in [1.82, 2.24) is 14.8 Å². The second-order valence-electron chi connectivity index (χ2n) is 6.84. The van der Waals surface area contributed by atoms with Gasteiger partial charge in [0.25, 0.3) is 5.91 Å². The number of methoxy groups -OCH3 is 1. The van der Waals surface area contributed by atoms with Gasteiger partial charge in [0.1, 0.15) is 5.56 Å². The molecule has 0 bridgehead atoms. The van der Waals surface area contributed by atoms with E-state index in [9.17, 15) is 4.79 Å². The monoisotopic (exact) mass is 420 g/mol. The number of aryl methyl sites for hydroxylation is 2. The molecule has 2 aromatic heterocycles. The van der Waals surface area contributed by atoms with Gasteiger partial charge in [-0.25, -0.2) is 4.98 Å². The van der Waals surface area contributed by atoms with Gasteiger partial charge < -0.3 is 9.47 Å². The molecule has 0 aliphatic carbocycles. The summed E-state index contributed by atoms with van der Waals surface area (Å²) >= 11 is 7.65. The van der Waals surface area contributed by atoms with Crippen molar-refractivity contribution in [2.75, 3.05) is 25.2 Å². The van der Waals surface area contributed by atoms with Crippen LogP contribution >= 0.6 is 22.9 Å². The van der Waals surface area contributed by atoms with E-state index in [0.717, 1.165) is 35.2 Å². The third-order valence-corrected chi connectivity index (χ3v) is 5.99. The number of amides is 1. The summed E-state index contributed by atoms with van der Waals surface area (Å²) in [6.45, 7) is 3.12. The molecule has 0 radical (unpaired) electrons. The molecule has 1 saturated heterocycles. The number of nitrogens with zero attached hydrogens (tertiary/aromatic N) is 4. The van der Waals surface area contributed by atoms with Crippen molar-refractivity contribution >= 4 is 44.2 Å². The molecule has 1 atom stereocenters. The van der Waals surface area contributed by atoms with Crippen molar-refractivity contribution in [2.24, 2.45) is 7.05 Å². The smallest absolute Gasteiger partial charge is 0.267 e. The van der Waals surface area contributed by atoms with E-state index in [0.29, 0.717) is 28.1 Å². The summed E-state index contributed by atoms with van der Waals surface area (Å²) in [5.41, 5.74) is 2.23. The molecular formula is C19H21ClN4O3S. The number of carbonyl (C=O) groups is 1. The zero-order valence-corrected chi connectivity index (χ0v) is 17.5. The number of rotatable bonds is 5. The Morgan fingerprint density at radius 1 is 1.50 bits per heavy atom. The SMILES string of the molecule is COc1nn(C)cc1C(=O)N(CC1CCCO1)c1nc2c(C)cc(Cl)cc2s1. The third kappa shape index (κ3) is 3.59. The lowest BCUT2D eigenvalue weighted by atomic mass is 10.2. The number of fused-ring (bicyclic) bond motifs is 1. The average Bonchev–Trinajstić information content (AvgIpc) is 3.38. The van der Waals surface area contributed by atoms with E-state index < -0.39 is 0 Å². The molecule has 1 aromatic carbocycles. The van der Waals surface area contributed by atoms with Crippen LogP contribution in [0, 0.1) is 6.92 Å². The zero-order valence-electron chi connectivity index (χ0n) is 15.9. The number of ether oxygens (including phenoxy) is 2. The van der Waals surface area contributed by atoms with Gasteiger partial charge in [0.2, 0.25) is 5.88 Å². The van der Waals surface area contributed by atoms with Crippen LogP contribution in [-0.4, -0.2) is 47.0 Å². The van der Waals surface area contributed by atoms with Gasteiger partial charge in [-0.2, -0.15) is 0 Å². The van der Waals surface area contributed by atoms with E-state index in [1.807, 2.05) is 19.1 Å². The van der Waals surface area contributed by atoms with Crippen LogP contribution in [0.2, 0.25) is 5.02 Å². The van der Waals surface area contributed by atoms with Crippen LogP contribution in [-0.2, 0) is 11.8 Å². The maximum absolute atomic E-state index is 13.4. The molecule has 4 rings (SSSR count). The topological polar surface area (TPSA) is 69.5 Å². The summed E-state index contributed by atoms with van der Waals surface area (Å²) in [4.78, 5) is 19.9. The first-order chi connectivity index (χ1) is 13.5. The van der Waals surface area contributed by atoms with Gasteiger partial charge >= 0.3 is 0 Å². The summed E-state index contributed by atoms with van der Waals surface area (Å²) < 4.78 is 13.6. The molecule has 0 saturated carbocycles. The van der Waals surface area contributed by atoms with Crippen LogP contribution in [0.4, 0.5) is 5.13 Å². The summed E-state index contributed by atoms with van der Waals surface area (Å²) in [6, 6.07) is 3.76. The summed E-state index contributed by atoms with van der Waals surface area (Å²) in [6.07, 6.45) is 3.57. The normalized spacial score (nSPS) is 16.6. The Morgan fingerprint density at radius 3 is 3.04 bits per heavy atom. The highest BCUT2D eigenvalue weighted by Gasteiger charge is 2.30. The molecule has 7 nitrogen and oxygen atoms in total. The number of carbonyl (C=O) groups excluding carboxylic acids is 1. The van der Waals surface area contributed by atoms with Gasteiger partial charge in [-0.05, 0) is 37.5 Å². The van der Waals surface area contributed by atoms with Crippen molar-refractivity contribution in [3.05, 3.63) is 34.5 Å². The Morgan fingerprint density at radius 2 is 2.32 bits per heavy atom. The maximum Gasteiger partial charge on any atom is 0.267 e. The number of aromatic nitrogens is 3. The Bertz CT molecular complexity index is 1030. The lowest BCUT2D eigenvalue weighted by Gasteiger charge is -2.22. The van der Waals surface area contributed by atoms with Gasteiger partial charge in [-0.3, -0.25) is 14.4 Å². The fourth-order valence-electron chi connectivity index (χ4n) is 3.41. The van der Waals surface area contributed by atoms with Crippen LogP contribution in [0.1, 0.15) is 28.8 Å². The molecule has 0 spiro atoms. The standard InChI is InChI=1S/C19H21ClN4O3S/c1-11-7-12(20)8-15-16(11)21-19(28-15)24(9-13-5-4-6-27-13)18(25)14-10-23(2)22-17(14)26-3/h7-8,10,13H,4-6,9H2,1-3H3. The maximum atomic E-state index is 13.4. The Hall–Kier alpha value is -2.16. The van der Waals surface area contributed by atoms with Crippen molar-refractivity contribution < 1.29 is 14.3 Å². The van der Waals surface area contributed by atoms with Crippen molar-refractivity contribution in [3.8, 4) is 5.88 Å². The number of halogens is 1. The summed E-state index contributed by atoms with van der Waals surface area (Å²) in [5.74, 6) is 0.0911. The zero-order chi connectivity index (χ0) is 19.8. The van der Waals surface area contributed by atoms with Gasteiger partial charge in [0, 0.05) is 24.9 Å². The number of hydrogen-bond acceptors (Lipinski definition) is 6. The largest absolute Gasteiger partial charge is 0.479 e. The summed E-state index contributed by atoms with van der Waals surface area (Å²) in [7, 11) is 3.26. The van der Waals surface area contributed by atoms with Gasteiger partial charge in [0.05, 0.1) is 30.0 Å². The molecule has 1 fully saturated rings. The Labute approximate surface area is 171 Å². The van der Waals surface area contributed by atoms with E-state index in [1.165, 1.54) is 18.4 Å². The van der Waals surface area contributed by atoms with E-state index in [2.05, 4.69) is 5.10 Å². The highest BCUT2D eigenvalue weighted by molar-refractivity contribution is 7.22. The van der Waals surface area contributed by atoms with Gasteiger partial charge in [0.15, 0.2) is 5.13 Å². The molecule has 28 heavy (non-hydrogen) atoms. The highest BCUT2D eigenvalue weighted by atomic mass is 35.5. The second-order valence-corrected chi connectivity index (χ2v) is 8.29. The molecule has 0 N–H and O–H groups in total. The van der Waals surface area contributed by atoms with Gasteiger partial charge in [-0.15, -0.1) is 5.10 Å². The molecule has 1 unspecified atom stereocenters. The molecule has 3 heterocycles. The summed E-state index contributed by atoms with van der Waals surface area (Å²) in [5, 5.41) is 5.48. The van der Waals surface area contributed by atoms with E-state index in [1.54, 1.807) is 22.8 Å². The number of thiazole rings is 1. The average molecular weight is 421 g/mol. The molecule has 1 aliphatic rings. The van der Waals surface area contributed by atoms with Crippen molar-refractivity contribution in [3.63, 3.8) is 0 Å². The van der Waals surface area contributed by atoms with Crippen molar-refractivity contribution in [1.29, 1.82) is 0 Å². The fraction of sp³-hybridized carbons (Fsp3) is 0.421. The van der Waals surface area contributed by atoms with E-state index in [4.69, 9.17) is 26.1 Å². The van der Waals surface area contributed by atoms with Crippen LogP contribution < -0.4 is 9.64 Å². The third-order valence-electron chi connectivity index (χ3n) is 4.74. The van der Waals surface area contributed by atoms with Crippen LogP contribution in [0.5, 0.6) is 5.88 Å². The van der Waals surface area contributed by atoms with Gasteiger partial charge in [-0.1, -0.05) is 22.9 Å². The van der Waals surface area contributed by atoms with E-state index >= 15 is 0 Å². The first-order valence-electron chi connectivity index (χ1n) is 9.04. The molecule has 1 aliphatic heterocycles. The quantitative estimate of drug-likeness (QED) is 0.627. The fourth-order valence-corrected chi connectivity index (χ4v) is 4.84. The van der Waals surface area contributed by atoms with Crippen LogP contribution in [0.3, 0.4) is 0 Å². The minimum Gasteiger partial charge on any atom is -0.479 e. The molecule has 148 valence electrons. The second kappa shape index (κ2) is 7.69. The Balaban J connectivity index is 1.76. The predicted octanol–water partition coefficient (Wildman–Crippen LogP) is 3.83. The molecule has 3 aromatic rings. The predicted molar refractivity (Wildman–Crippen MR) is 110 cm³/mol. The number of benzene rings is 1. The number of hydrogen-bond donors (Lipinski definition) is 0. The number of anilines is 1. The van der Waals surface area contributed by atoms with Crippen LogP contribution in [0.25, 0.3) is 10.2 Å². The molecule has 9 heteroatoms.